The number of carbonyl (C=O) groups excluding carboxylic acids is 1. The molecule has 7 heteroatoms. The van der Waals surface area contributed by atoms with E-state index in [1.165, 1.54) is 11.3 Å². The number of fused-ring (bicyclic) bond motifs is 1. The molecule has 1 unspecified atom stereocenters. The van der Waals surface area contributed by atoms with Crippen LogP contribution in [-0.2, 0) is 18.7 Å². The highest BCUT2D eigenvalue weighted by atomic mass is 32.2. The monoisotopic (exact) mass is 472 g/mol. The van der Waals surface area contributed by atoms with E-state index in [-0.39, 0.29) is 11.9 Å². The molecule has 0 fully saturated rings. The smallest absolute Gasteiger partial charge is 0.252 e. The lowest BCUT2D eigenvalue weighted by Gasteiger charge is -2.24. The molecule has 2 aromatic carbocycles. The molecule has 2 aromatic heterocycles. The van der Waals surface area contributed by atoms with Gasteiger partial charge in [-0.25, -0.2) is 0 Å². The largest absolute Gasteiger partial charge is 0.361 e. The molecule has 1 amide bonds. The second kappa shape index (κ2) is 9.89. The van der Waals surface area contributed by atoms with Crippen LogP contribution in [0.15, 0.2) is 70.2 Å². The Kier molecular flexibility index (Phi) is 6.54. The quantitative estimate of drug-likeness (QED) is 0.353. The van der Waals surface area contributed by atoms with Gasteiger partial charge in [-0.2, -0.15) is 5.10 Å². The first-order valence-corrected chi connectivity index (χ1v) is 12.6. The number of amides is 1. The van der Waals surface area contributed by atoms with Crippen molar-refractivity contribution in [2.45, 2.75) is 56.3 Å². The molecule has 0 spiro atoms. The van der Waals surface area contributed by atoms with Gasteiger partial charge in [0.2, 0.25) is 0 Å². The van der Waals surface area contributed by atoms with Crippen molar-refractivity contribution in [1.29, 1.82) is 0 Å². The summed E-state index contributed by atoms with van der Waals surface area (Å²) in [7, 11) is 0. The van der Waals surface area contributed by atoms with Crippen LogP contribution in [0, 0.1) is 13.8 Å². The van der Waals surface area contributed by atoms with Gasteiger partial charge in [0.1, 0.15) is 5.76 Å². The maximum absolute atomic E-state index is 13.4. The fourth-order valence-electron chi connectivity index (χ4n) is 4.54. The van der Waals surface area contributed by atoms with Crippen LogP contribution in [0.3, 0.4) is 0 Å². The number of nitrogens with one attached hydrogen (secondary N) is 1. The molecule has 34 heavy (non-hydrogen) atoms. The molecule has 0 aliphatic heterocycles. The summed E-state index contributed by atoms with van der Waals surface area (Å²) in [4.78, 5) is 14.3. The number of rotatable bonds is 7. The van der Waals surface area contributed by atoms with Crippen molar-refractivity contribution in [3.63, 3.8) is 0 Å². The molecule has 1 N–H and O–H groups in total. The number of thioether (sulfide) groups is 1. The third kappa shape index (κ3) is 4.66. The third-order valence-electron chi connectivity index (χ3n) is 6.43. The van der Waals surface area contributed by atoms with Crippen LogP contribution >= 0.6 is 11.8 Å². The molecule has 6 nitrogen and oxygen atoms in total. The molecule has 4 aromatic rings. The van der Waals surface area contributed by atoms with Crippen molar-refractivity contribution < 1.29 is 9.32 Å². The third-order valence-corrected chi connectivity index (χ3v) is 7.53. The van der Waals surface area contributed by atoms with Gasteiger partial charge in [-0.3, -0.25) is 9.48 Å². The molecular formula is C27H28N4O2S. The summed E-state index contributed by atoms with van der Waals surface area (Å²) in [5.74, 6) is 1.50. The lowest BCUT2D eigenvalue weighted by atomic mass is 9.92. The molecule has 0 radical (unpaired) electrons. The van der Waals surface area contributed by atoms with Gasteiger partial charge in [-0.15, -0.1) is 11.8 Å². The van der Waals surface area contributed by atoms with Crippen LogP contribution in [0.25, 0.3) is 0 Å². The van der Waals surface area contributed by atoms with E-state index in [4.69, 9.17) is 4.52 Å². The molecule has 1 aliphatic carbocycles. The maximum Gasteiger partial charge on any atom is 0.252 e. The Bertz CT molecular complexity index is 1280. The van der Waals surface area contributed by atoms with Gasteiger partial charge in [0.25, 0.3) is 5.91 Å². The second-order valence-electron chi connectivity index (χ2n) is 8.70. The van der Waals surface area contributed by atoms with Gasteiger partial charge in [0.15, 0.2) is 0 Å². The SMILES string of the molecule is Cc1noc(C)c1CSc1ccccc1C(=O)NC1CCCc2c1cnn2Cc1ccccc1. The number of aryl methyl sites for hydroxylation is 2. The first kappa shape index (κ1) is 22.5. The van der Waals surface area contributed by atoms with E-state index in [9.17, 15) is 4.79 Å². The highest BCUT2D eigenvalue weighted by Crippen LogP contribution is 2.32. The lowest BCUT2D eigenvalue weighted by Crippen LogP contribution is -2.31. The average Bonchev–Trinajstić information content (AvgIpc) is 3.41. The number of carbonyl (C=O) groups is 1. The molecule has 0 saturated heterocycles. The molecule has 0 saturated carbocycles. The Morgan fingerprint density at radius 2 is 1.94 bits per heavy atom. The normalized spacial score (nSPS) is 15.2. The van der Waals surface area contributed by atoms with Crippen LogP contribution in [0.4, 0.5) is 0 Å². The molecular weight excluding hydrogens is 444 g/mol. The summed E-state index contributed by atoms with van der Waals surface area (Å²) in [5.41, 5.74) is 6.27. The molecule has 174 valence electrons. The van der Waals surface area contributed by atoms with Crippen molar-refractivity contribution in [2.24, 2.45) is 0 Å². The van der Waals surface area contributed by atoms with Gasteiger partial charge >= 0.3 is 0 Å². The second-order valence-corrected chi connectivity index (χ2v) is 9.71. The standard InChI is InChI=1S/C27H28N4O2S/c1-18-23(19(2)33-30-18)17-34-26-14-7-6-11-21(26)27(32)29-24-12-8-13-25-22(24)15-28-31(25)16-20-9-4-3-5-10-20/h3-7,9-11,14-15,24H,8,12-13,16-17H2,1-2H3,(H,29,32). The van der Waals surface area contributed by atoms with Crippen LogP contribution in [0.5, 0.6) is 0 Å². The van der Waals surface area contributed by atoms with Gasteiger partial charge < -0.3 is 9.84 Å². The summed E-state index contributed by atoms with van der Waals surface area (Å²) in [6.45, 7) is 4.62. The van der Waals surface area contributed by atoms with Crippen molar-refractivity contribution >= 4 is 17.7 Å². The highest BCUT2D eigenvalue weighted by Gasteiger charge is 2.26. The maximum atomic E-state index is 13.4. The fourth-order valence-corrected chi connectivity index (χ4v) is 5.74. The van der Waals surface area contributed by atoms with Crippen molar-refractivity contribution in [1.82, 2.24) is 20.3 Å². The first-order valence-electron chi connectivity index (χ1n) is 11.6. The molecule has 2 heterocycles. The Hall–Kier alpha value is -3.32. The van der Waals surface area contributed by atoms with Crippen LogP contribution in [0.1, 0.15) is 63.1 Å². The lowest BCUT2D eigenvalue weighted by molar-refractivity contribution is 0.0929. The van der Waals surface area contributed by atoms with Crippen molar-refractivity contribution in [3.8, 4) is 0 Å². The number of hydrogen-bond acceptors (Lipinski definition) is 5. The van der Waals surface area contributed by atoms with Gasteiger partial charge in [0.05, 0.1) is 30.0 Å². The van der Waals surface area contributed by atoms with E-state index in [1.54, 1.807) is 11.8 Å². The zero-order chi connectivity index (χ0) is 23.5. The number of nitrogens with zero attached hydrogens (tertiary/aromatic N) is 3. The van der Waals surface area contributed by atoms with E-state index in [2.05, 4.69) is 44.5 Å². The minimum Gasteiger partial charge on any atom is -0.361 e. The summed E-state index contributed by atoms with van der Waals surface area (Å²) in [6, 6.07) is 18.1. The fraction of sp³-hybridized carbons (Fsp3) is 0.296. The van der Waals surface area contributed by atoms with E-state index in [0.717, 1.165) is 53.3 Å². The van der Waals surface area contributed by atoms with Crippen molar-refractivity contribution in [2.75, 3.05) is 0 Å². The van der Waals surface area contributed by atoms with Gasteiger partial charge in [0, 0.05) is 27.5 Å². The van der Waals surface area contributed by atoms with Crippen LogP contribution in [-0.4, -0.2) is 20.8 Å². The minimum atomic E-state index is -0.0458. The van der Waals surface area contributed by atoms with Crippen LogP contribution < -0.4 is 5.32 Å². The first-order chi connectivity index (χ1) is 16.6. The number of hydrogen-bond donors (Lipinski definition) is 1. The van der Waals surface area contributed by atoms with Crippen LogP contribution in [0.2, 0.25) is 0 Å². The number of benzene rings is 2. The topological polar surface area (TPSA) is 73.0 Å². The van der Waals surface area contributed by atoms with E-state index >= 15 is 0 Å². The van der Waals surface area contributed by atoms with Crippen molar-refractivity contribution in [3.05, 3.63) is 100 Å². The molecule has 1 aliphatic rings. The summed E-state index contributed by atoms with van der Waals surface area (Å²) >= 11 is 1.64. The predicted octanol–water partition coefficient (Wildman–Crippen LogP) is 5.64. The molecule has 5 rings (SSSR count). The van der Waals surface area contributed by atoms with Gasteiger partial charge in [-0.1, -0.05) is 47.6 Å². The van der Waals surface area contributed by atoms with E-state index in [1.807, 2.05) is 50.4 Å². The summed E-state index contributed by atoms with van der Waals surface area (Å²) in [5, 5.41) is 12.0. The number of aromatic nitrogens is 3. The minimum absolute atomic E-state index is 0.0265. The van der Waals surface area contributed by atoms with E-state index in [0.29, 0.717) is 11.3 Å². The Labute approximate surface area is 203 Å². The van der Waals surface area contributed by atoms with Gasteiger partial charge in [-0.05, 0) is 50.8 Å². The summed E-state index contributed by atoms with van der Waals surface area (Å²) in [6.07, 6.45) is 4.87. The Morgan fingerprint density at radius 3 is 2.74 bits per heavy atom. The Balaban J connectivity index is 1.31. The molecule has 1 atom stereocenters. The zero-order valence-electron chi connectivity index (χ0n) is 19.5. The predicted molar refractivity (Wildman–Crippen MR) is 133 cm³/mol. The Morgan fingerprint density at radius 1 is 1.15 bits per heavy atom. The van der Waals surface area contributed by atoms with E-state index < -0.39 is 0 Å². The highest BCUT2D eigenvalue weighted by molar-refractivity contribution is 7.98. The average molecular weight is 473 g/mol. The summed E-state index contributed by atoms with van der Waals surface area (Å²) < 4.78 is 7.36. The zero-order valence-corrected chi connectivity index (χ0v) is 20.3. The molecule has 0 bridgehead atoms.